The molecule has 4 heteroatoms. The van der Waals surface area contributed by atoms with Crippen LogP contribution in [0.3, 0.4) is 0 Å². The molecule has 2 aliphatic rings. The number of carbonyl (C=O) groups is 2. The smallest absolute Gasteiger partial charge is 0.246 e. The van der Waals surface area contributed by atoms with Crippen molar-refractivity contribution in [1.29, 1.82) is 0 Å². The Balaban J connectivity index is 2.28. The van der Waals surface area contributed by atoms with Gasteiger partial charge in [-0.05, 0) is 45.4 Å². The van der Waals surface area contributed by atoms with E-state index < -0.39 is 0 Å². The van der Waals surface area contributed by atoms with Crippen molar-refractivity contribution in [3.05, 3.63) is 0 Å². The zero-order valence-corrected chi connectivity index (χ0v) is 14.1. The Morgan fingerprint density at radius 1 is 1.10 bits per heavy atom. The molecule has 2 atom stereocenters. The summed E-state index contributed by atoms with van der Waals surface area (Å²) in [6, 6.07) is -0.663. The van der Waals surface area contributed by atoms with Gasteiger partial charge in [-0.3, -0.25) is 9.59 Å². The molecule has 1 N–H and O–H groups in total. The minimum absolute atomic E-state index is 0.0232. The minimum Gasteiger partial charge on any atom is -0.342 e. The summed E-state index contributed by atoms with van der Waals surface area (Å²) < 4.78 is 0. The van der Waals surface area contributed by atoms with E-state index in [0.29, 0.717) is 5.92 Å². The first kappa shape index (κ1) is 16.3. The summed E-state index contributed by atoms with van der Waals surface area (Å²) >= 11 is 0. The Labute approximate surface area is 128 Å². The van der Waals surface area contributed by atoms with Crippen molar-refractivity contribution in [2.75, 3.05) is 0 Å². The highest BCUT2D eigenvalue weighted by Gasteiger charge is 2.48. The van der Waals surface area contributed by atoms with Crippen molar-refractivity contribution < 1.29 is 9.59 Å². The normalized spacial score (nSPS) is 29.0. The van der Waals surface area contributed by atoms with E-state index in [4.69, 9.17) is 0 Å². The predicted octanol–water partition coefficient (Wildman–Crippen LogP) is 2.72. The number of nitrogens with zero attached hydrogens (tertiary/aromatic N) is 1. The van der Waals surface area contributed by atoms with Crippen LogP contribution in [0.2, 0.25) is 0 Å². The molecule has 1 heterocycles. The highest BCUT2D eigenvalue weighted by molar-refractivity contribution is 5.97. The maximum absolute atomic E-state index is 13.0. The summed E-state index contributed by atoms with van der Waals surface area (Å²) in [5, 5.41) is 3.04. The summed E-state index contributed by atoms with van der Waals surface area (Å²) in [6.45, 7) is 10.1. The third-order valence-electron chi connectivity index (χ3n) is 4.82. The summed E-state index contributed by atoms with van der Waals surface area (Å²) in [4.78, 5) is 27.5. The summed E-state index contributed by atoms with van der Waals surface area (Å²) in [5.41, 5.74) is -0.323. The number of piperazine rings is 1. The largest absolute Gasteiger partial charge is 0.342 e. The van der Waals surface area contributed by atoms with Gasteiger partial charge in [-0.15, -0.1) is 0 Å². The number of nitrogens with one attached hydrogen (secondary N) is 1. The fourth-order valence-electron chi connectivity index (χ4n) is 3.84. The molecule has 2 rings (SSSR count). The van der Waals surface area contributed by atoms with Crippen molar-refractivity contribution >= 4 is 11.8 Å². The Bertz CT molecular complexity index is 406. The quantitative estimate of drug-likeness (QED) is 0.851. The van der Waals surface area contributed by atoms with Gasteiger partial charge in [0.05, 0.1) is 0 Å². The highest BCUT2D eigenvalue weighted by Crippen LogP contribution is 2.33. The van der Waals surface area contributed by atoms with Crippen molar-refractivity contribution in [1.82, 2.24) is 10.2 Å². The van der Waals surface area contributed by atoms with E-state index in [0.717, 1.165) is 12.8 Å². The molecular formula is C17H30N2O2. The van der Waals surface area contributed by atoms with Crippen molar-refractivity contribution in [3.63, 3.8) is 0 Å². The predicted molar refractivity (Wildman–Crippen MR) is 83.7 cm³/mol. The zero-order valence-electron chi connectivity index (χ0n) is 14.1. The summed E-state index contributed by atoms with van der Waals surface area (Å²) in [7, 11) is 0. The molecule has 0 bridgehead atoms. The van der Waals surface area contributed by atoms with Gasteiger partial charge in [0.1, 0.15) is 12.1 Å². The zero-order chi connectivity index (χ0) is 15.8. The fraction of sp³-hybridized carbons (Fsp3) is 0.882. The molecule has 1 saturated carbocycles. The molecule has 1 aliphatic carbocycles. The summed E-state index contributed by atoms with van der Waals surface area (Å²) in [5.74, 6) is 0.580. The lowest BCUT2D eigenvalue weighted by atomic mass is 9.80. The molecule has 1 aliphatic heterocycles. The van der Waals surface area contributed by atoms with Gasteiger partial charge in [0.15, 0.2) is 0 Å². The fourth-order valence-corrected chi connectivity index (χ4v) is 3.84. The van der Waals surface area contributed by atoms with Gasteiger partial charge in [0.2, 0.25) is 11.8 Å². The average Bonchev–Trinajstić information content (AvgIpc) is 2.39. The number of hydrogen-bond donors (Lipinski definition) is 1. The SMILES string of the molecule is CC(C)C1C(=O)NC(C2CCCCC2)C(=O)N1C(C)(C)C. The second-order valence-electron chi connectivity index (χ2n) is 7.95. The van der Waals surface area contributed by atoms with Gasteiger partial charge >= 0.3 is 0 Å². The minimum atomic E-state index is -0.350. The van der Waals surface area contributed by atoms with Crippen LogP contribution in [0.1, 0.15) is 66.7 Å². The van der Waals surface area contributed by atoms with Crippen molar-refractivity contribution in [2.24, 2.45) is 11.8 Å². The third-order valence-corrected chi connectivity index (χ3v) is 4.82. The standard InChI is InChI=1S/C17H30N2O2/c1-11(2)14-15(20)18-13(12-9-7-6-8-10-12)16(21)19(14)17(3,4)5/h11-14H,6-10H2,1-5H3,(H,18,20). The number of rotatable bonds is 2. The number of hydrogen-bond acceptors (Lipinski definition) is 2. The van der Waals surface area contributed by atoms with Gasteiger partial charge in [-0.25, -0.2) is 0 Å². The molecule has 2 amide bonds. The average molecular weight is 294 g/mol. The molecule has 0 aromatic rings. The van der Waals surface area contributed by atoms with E-state index in [1.54, 1.807) is 0 Å². The van der Waals surface area contributed by atoms with Crippen LogP contribution in [0, 0.1) is 11.8 Å². The molecule has 0 radical (unpaired) electrons. The maximum atomic E-state index is 13.0. The number of carbonyl (C=O) groups excluding carboxylic acids is 2. The lowest BCUT2D eigenvalue weighted by Crippen LogP contribution is -2.70. The lowest BCUT2D eigenvalue weighted by Gasteiger charge is -2.49. The van der Waals surface area contributed by atoms with Crippen LogP contribution < -0.4 is 5.32 Å². The lowest BCUT2D eigenvalue weighted by molar-refractivity contribution is -0.159. The van der Waals surface area contributed by atoms with Gasteiger partial charge in [0, 0.05) is 5.54 Å². The second-order valence-corrected chi connectivity index (χ2v) is 7.95. The van der Waals surface area contributed by atoms with Gasteiger partial charge in [-0.1, -0.05) is 33.1 Å². The van der Waals surface area contributed by atoms with Gasteiger partial charge in [-0.2, -0.15) is 0 Å². The van der Waals surface area contributed by atoms with Crippen LogP contribution in [0.25, 0.3) is 0 Å². The second kappa shape index (κ2) is 5.98. The first-order chi connectivity index (χ1) is 9.73. The van der Waals surface area contributed by atoms with E-state index in [2.05, 4.69) is 5.32 Å². The van der Waals surface area contributed by atoms with Crippen LogP contribution in [-0.2, 0) is 9.59 Å². The van der Waals surface area contributed by atoms with Gasteiger partial charge in [0.25, 0.3) is 0 Å². The number of amides is 2. The molecule has 0 aromatic heterocycles. The molecule has 2 fully saturated rings. The van der Waals surface area contributed by atoms with E-state index in [1.165, 1.54) is 19.3 Å². The third kappa shape index (κ3) is 3.24. The van der Waals surface area contributed by atoms with Gasteiger partial charge < -0.3 is 10.2 Å². The first-order valence-corrected chi connectivity index (χ1v) is 8.37. The van der Waals surface area contributed by atoms with Crippen LogP contribution in [0.5, 0.6) is 0 Å². The Kier molecular flexibility index (Phi) is 4.64. The summed E-state index contributed by atoms with van der Waals surface area (Å²) in [6.07, 6.45) is 5.71. The Morgan fingerprint density at radius 2 is 1.67 bits per heavy atom. The Hall–Kier alpha value is -1.06. The van der Waals surface area contributed by atoms with E-state index in [9.17, 15) is 9.59 Å². The maximum Gasteiger partial charge on any atom is 0.246 e. The van der Waals surface area contributed by atoms with E-state index >= 15 is 0 Å². The molecule has 1 saturated heterocycles. The highest BCUT2D eigenvalue weighted by atomic mass is 16.2. The van der Waals surface area contributed by atoms with E-state index in [-0.39, 0.29) is 35.4 Å². The molecule has 120 valence electrons. The van der Waals surface area contributed by atoms with Crippen LogP contribution in [-0.4, -0.2) is 34.3 Å². The molecule has 21 heavy (non-hydrogen) atoms. The van der Waals surface area contributed by atoms with Crippen LogP contribution >= 0.6 is 0 Å². The van der Waals surface area contributed by atoms with Crippen LogP contribution in [0.15, 0.2) is 0 Å². The molecule has 0 aromatic carbocycles. The Morgan fingerprint density at radius 3 is 2.14 bits per heavy atom. The molecule has 2 unspecified atom stereocenters. The van der Waals surface area contributed by atoms with E-state index in [1.807, 2.05) is 39.5 Å². The monoisotopic (exact) mass is 294 g/mol. The molecular weight excluding hydrogens is 264 g/mol. The van der Waals surface area contributed by atoms with Crippen molar-refractivity contribution in [2.45, 2.75) is 84.3 Å². The molecule has 0 spiro atoms. The van der Waals surface area contributed by atoms with Crippen LogP contribution in [0.4, 0.5) is 0 Å². The van der Waals surface area contributed by atoms with Crippen molar-refractivity contribution in [3.8, 4) is 0 Å². The topological polar surface area (TPSA) is 49.4 Å². The first-order valence-electron chi connectivity index (χ1n) is 8.37. The molecule has 4 nitrogen and oxygen atoms in total.